The van der Waals surface area contributed by atoms with E-state index >= 15 is 0 Å². The van der Waals surface area contributed by atoms with E-state index < -0.39 is 0 Å². The lowest BCUT2D eigenvalue weighted by atomic mass is 10.1. The summed E-state index contributed by atoms with van der Waals surface area (Å²) in [4.78, 5) is 12.0. The summed E-state index contributed by atoms with van der Waals surface area (Å²) in [6.45, 7) is 2.89. The van der Waals surface area contributed by atoms with Crippen molar-refractivity contribution in [2.45, 2.75) is 20.0 Å². The summed E-state index contributed by atoms with van der Waals surface area (Å²) in [5.41, 5.74) is 2.04. The SMILES string of the molecule is C/C=C/CCNC(=O)c1ccc(OCc2ccccc2C#N)cc1. The Morgan fingerprint density at radius 3 is 2.67 bits per heavy atom. The number of carbonyl (C=O) groups is 1. The maximum absolute atomic E-state index is 12.0. The minimum absolute atomic E-state index is 0.0964. The zero-order valence-corrected chi connectivity index (χ0v) is 13.7. The fourth-order valence-electron chi connectivity index (χ4n) is 2.16. The number of rotatable bonds is 7. The molecule has 122 valence electrons. The van der Waals surface area contributed by atoms with E-state index in [0.29, 0.717) is 30.0 Å². The van der Waals surface area contributed by atoms with E-state index in [4.69, 9.17) is 10.00 Å². The van der Waals surface area contributed by atoms with Crippen molar-refractivity contribution >= 4 is 5.91 Å². The first-order valence-corrected chi connectivity index (χ1v) is 7.85. The second-order valence-corrected chi connectivity index (χ2v) is 5.20. The van der Waals surface area contributed by atoms with Crippen LogP contribution in [-0.2, 0) is 6.61 Å². The maximum Gasteiger partial charge on any atom is 0.251 e. The molecule has 0 radical (unpaired) electrons. The van der Waals surface area contributed by atoms with Crippen LogP contribution in [0.2, 0.25) is 0 Å². The van der Waals surface area contributed by atoms with Crippen LogP contribution in [0.5, 0.6) is 5.75 Å². The van der Waals surface area contributed by atoms with Crippen molar-refractivity contribution < 1.29 is 9.53 Å². The van der Waals surface area contributed by atoms with Crippen LogP contribution in [0.4, 0.5) is 0 Å². The lowest BCUT2D eigenvalue weighted by Crippen LogP contribution is -2.23. The number of hydrogen-bond acceptors (Lipinski definition) is 3. The number of nitrogens with one attached hydrogen (secondary N) is 1. The first-order chi connectivity index (χ1) is 11.7. The molecule has 2 rings (SSSR count). The van der Waals surface area contributed by atoms with Gasteiger partial charge in [0.25, 0.3) is 5.91 Å². The van der Waals surface area contributed by atoms with Crippen molar-refractivity contribution in [3.63, 3.8) is 0 Å². The van der Waals surface area contributed by atoms with Crippen molar-refractivity contribution in [3.8, 4) is 11.8 Å². The van der Waals surface area contributed by atoms with Gasteiger partial charge >= 0.3 is 0 Å². The first kappa shape index (κ1) is 17.3. The Labute approximate surface area is 142 Å². The molecule has 0 saturated heterocycles. The summed E-state index contributed by atoms with van der Waals surface area (Å²) < 4.78 is 5.69. The van der Waals surface area contributed by atoms with Crippen LogP contribution in [0.3, 0.4) is 0 Å². The molecule has 24 heavy (non-hydrogen) atoms. The van der Waals surface area contributed by atoms with E-state index in [1.807, 2.05) is 37.3 Å². The fourth-order valence-corrected chi connectivity index (χ4v) is 2.16. The molecule has 0 aliphatic rings. The Morgan fingerprint density at radius 2 is 1.96 bits per heavy atom. The van der Waals surface area contributed by atoms with E-state index in [1.165, 1.54) is 0 Å². The molecule has 1 N–H and O–H groups in total. The Morgan fingerprint density at radius 1 is 1.21 bits per heavy atom. The monoisotopic (exact) mass is 320 g/mol. The molecule has 2 aromatic carbocycles. The van der Waals surface area contributed by atoms with Gasteiger partial charge in [0.05, 0.1) is 11.6 Å². The maximum atomic E-state index is 12.0. The van der Waals surface area contributed by atoms with Crippen LogP contribution >= 0.6 is 0 Å². The zero-order chi connectivity index (χ0) is 17.2. The van der Waals surface area contributed by atoms with Gasteiger partial charge in [-0.25, -0.2) is 0 Å². The molecule has 4 heteroatoms. The van der Waals surface area contributed by atoms with E-state index in [0.717, 1.165) is 12.0 Å². The van der Waals surface area contributed by atoms with Crippen LogP contribution in [0, 0.1) is 11.3 Å². The summed E-state index contributed by atoms with van der Waals surface area (Å²) in [7, 11) is 0. The summed E-state index contributed by atoms with van der Waals surface area (Å²) in [5, 5.41) is 11.9. The highest BCUT2D eigenvalue weighted by Crippen LogP contribution is 2.16. The summed E-state index contributed by atoms with van der Waals surface area (Å²) in [6.07, 6.45) is 4.79. The number of allylic oxidation sites excluding steroid dienone is 1. The topological polar surface area (TPSA) is 62.1 Å². The molecule has 0 aromatic heterocycles. The highest BCUT2D eigenvalue weighted by Gasteiger charge is 2.05. The minimum Gasteiger partial charge on any atom is -0.489 e. The molecular weight excluding hydrogens is 300 g/mol. The normalized spacial score (nSPS) is 10.3. The first-order valence-electron chi connectivity index (χ1n) is 7.85. The molecule has 0 heterocycles. The van der Waals surface area contributed by atoms with Gasteiger partial charge in [0.1, 0.15) is 12.4 Å². The number of carbonyl (C=O) groups excluding carboxylic acids is 1. The summed E-state index contributed by atoms with van der Waals surface area (Å²) in [6, 6.07) is 16.5. The second kappa shape index (κ2) is 9.16. The van der Waals surface area contributed by atoms with Crippen LogP contribution in [0.1, 0.15) is 34.8 Å². The van der Waals surface area contributed by atoms with Crippen molar-refractivity contribution in [1.29, 1.82) is 5.26 Å². The van der Waals surface area contributed by atoms with Crippen LogP contribution in [0.25, 0.3) is 0 Å². The molecule has 0 saturated carbocycles. The standard InChI is InChI=1S/C20H20N2O2/c1-2-3-6-13-22-20(23)16-9-11-19(12-10-16)24-15-18-8-5-4-7-17(18)14-21/h2-5,7-12H,6,13,15H2,1H3,(H,22,23)/b3-2+. The van der Waals surface area contributed by atoms with Gasteiger partial charge in [-0.2, -0.15) is 5.26 Å². The molecule has 1 amide bonds. The van der Waals surface area contributed by atoms with Crippen molar-refractivity contribution in [1.82, 2.24) is 5.32 Å². The van der Waals surface area contributed by atoms with Gasteiger partial charge in [0.2, 0.25) is 0 Å². The van der Waals surface area contributed by atoms with Gasteiger partial charge in [0, 0.05) is 17.7 Å². The summed E-state index contributed by atoms with van der Waals surface area (Å²) >= 11 is 0. The molecule has 0 unspecified atom stereocenters. The number of amides is 1. The van der Waals surface area contributed by atoms with Crippen LogP contribution < -0.4 is 10.1 Å². The molecule has 0 fully saturated rings. The molecule has 2 aromatic rings. The molecular formula is C20H20N2O2. The molecule has 0 spiro atoms. The van der Waals surface area contributed by atoms with Crippen molar-refractivity contribution in [2.75, 3.05) is 6.54 Å². The number of benzene rings is 2. The van der Waals surface area contributed by atoms with Gasteiger partial charge in [-0.15, -0.1) is 0 Å². The average molecular weight is 320 g/mol. The zero-order valence-electron chi connectivity index (χ0n) is 13.7. The molecule has 0 aliphatic heterocycles. The molecule has 0 atom stereocenters. The number of nitriles is 1. The van der Waals surface area contributed by atoms with Gasteiger partial charge in [-0.1, -0.05) is 30.4 Å². The van der Waals surface area contributed by atoms with E-state index in [2.05, 4.69) is 11.4 Å². The Kier molecular flexibility index (Phi) is 6.60. The molecule has 0 aliphatic carbocycles. The van der Waals surface area contributed by atoms with Crippen LogP contribution in [0.15, 0.2) is 60.7 Å². The number of ether oxygens (including phenoxy) is 1. The highest BCUT2D eigenvalue weighted by atomic mass is 16.5. The van der Waals surface area contributed by atoms with Crippen molar-refractivity contribution in [2.24, 2.45) is 0 Å². The molecule has 4 nitrogen and oxygen atoms in total. The quantitative estimate of drug-likeness (QED) is 0.623. The fraction of sp³-hybridized carbons (Fsp3) is 0.200. The average Bonchev–Trinajstić information content (AvgIpc) is 2.64. The van der Waals surface area contributed by atoms with E-state index in [9.17, 15) is 4.79 Å². The predicted molar refractivity (Wildman–Crippen MR) is 93.7 cm³/mol. The van der Waals surface area contributed by atoms with Crippen LogP contribution in [-0.4, -0.2) is 12.5 Å². The predicted octanol–water partition coefficient (Wildman–Crippen LogP) is 3.83. The lowest BCUT2D eigenvalue weighted by molar-refractivity contribution is 0.0954. The Hall–Kier alpha value is -3.06. The largest absolute Gasteiger partial charge is 0.489 e. The van der Waals surface area contributed by atoms with E-state index in [1.54, 1.807) is 30.3 Å². The third-order valence-electron chi connectivity index (χ3n) is 3.48. The van der Waals surface area contributed by atoms with Gasteiger partial charge < -0.3 is 10.1 Å². The third kappa shape index (κ3) is 4.99. The van der Waals surface area contributed by atoms with Gasteiger partial charge in [0.15, 0.2) is 0 Å². The van der Waals surface area contributed by atoms with Crippen molar-refractivity contribution in [3.05, 3.63) is 77.4 Å². The molecule has 0 bridgehead atoms. The smallest absolute Gasteiger partial charge is 0.251 e. The number of nitrogens with zero attached hydrogens (tertiary/aromatic N) is 1. The highest BCUT2D eigenvalue weighted by molar-refractivity contribution is 5.94. The third-order valence-corrected chi connectivity index (χ3v) is 3.48. The number of hydrogen-bond donors (Lipinski definition) is 1. The second-order valence-electron chi connectivity index (χ2n) is 5.20. The lowest BCUT2D eigenvalue weighted by Gasteiger charge is -2.08. The van der Waals surface area contributed by atoms with Gasteiger partial charge in [-0.05, 0) is 43.7 Å². The van der Waals surface area contributed by atoms with E-state index in [-0.39, 0.29) is 5.91 Å². The Balaban J connectivity index is 1.90. The minimum atomic E-state index is -0.0964. The summed E-state index contributed by atoms with van der Waals surface area (Å²) in [5.74, 6) is 0.564. The van der Waals surface area contributed by atoms with Gasteiger partial charge in [-0.3, -0.25) is 4.79 Å². The Bertz CT molecular complexity index is 743.